The van der Waals surface area contributed by atoms with Gasteiger partial charge in [-0.25, -0.2) is 9.59 Å². The summed E-state index contributed by atoms with van der Waals surface area (Å²) in [6.07, 6.45) is 8.23. The Bertz CT molecular complexity index is 1410. The quantitative estimate of drug-likeness (QED) is 0.270. The maximum atomic E-state index is 9.55. The highest BCUT2D eigenvalue weighted by Gasteiger charge is 2.25. The molecule has 1 aromatic carbocycles. The summed E-state index contributed by atoms with van der Waals surface area (Å²) in [5, 5.41) is 32.2. The minimum Gasteiger partial charge on any atom is -0.493 e. The molecule has 1 aliphatic heterocycles. The van der Waals surface area contributed by atoms with Gasteiger partial charge in [-0.15, -0.1) is 11.3 Å². The number of benzene rings is 1. The average Bonchev–Trinajstić information content (AvgIpc) is 3.52. The Morgan fingerprint density at radius 3 is 2.48 bits per heavy atom. The Balaban J connectivity index is 0.000000446. The summed E-state index contributed by atoms with van der Waals surface area (Å²) in [4.78, 5) is 25.1. The number of aryl methyl sites for hydroxylation is 1. The second-order valence-electron chi connectivity index (χ2n) is 11.2. The first-order chi connectivity index (χ1) is 20.2. The van der Waals surface area contributed by atoms with E-state index in [1.807, 2.05) is 11.4 Å². The van der Waals surface area contributed by atoms with Crippen molar-refractivity contribution in [3.63, 3.8) is 0 Å². The summed E-state index contributed by atoms with van der Waals surface area (Å²) in [6.45, 7) is 4.80. The van der Waals surface area contributed by atoms with E-state index in [-0.39, 0.29) is 0 Å². The van der Waals surface area contributed by atoms with Gasteiger partial charge in [0.1, 0.15) is 11.8 Å². The number of carboxylic acid groups (broad SMARTS) is 2. The number of ether oxygens (including phenoxy) is 1. The number of carboxylic acids is 2. The summed E-state index contributed by atoms with van der Waals surface area (Å²) >= 11 is 1.70. The molecule has 0 radical (unpaired) electrons. The van der Waals surface area contributed by atoms with Crippen LogP contribution in [0, 0.1) is 23.2 Å². The molecule has 0 atom stereocenters. The molecule has 2 aromatic heterocycles. The van der Waals surface area contributed by atoms with Crippen molar-refractivity contribution in [2.75, 3.05) is 33.8 Å². The molecule has 0 amide bonds. The predicted octanol–water partition coefficient (Wildman–Crippen LogP) is 5.17. The van der Waals surface area contributed by atoms with Gasteiger partial charge in [-0.1, -0.05) is 5.16 Å². The van der Waals surface area contributed by atoms with Crippen molar-refractivity contribution in [2.45, 2.75) is 51.6 Å². The SMILES string of the molecule is CN(C)Cc1c(OCC2CC2)ccc2c(CCC3CCN(Cc4cc(C#N)cs4)CC3)noc12.O=C(O)/C=C/C(=O)O. The second-order valence-corrected chi connectivity index (χ2v) is 12.2. The molecule has 5 rings (SSSR count). The van der Waals surface area contributed by atoms with E-state index in [0.29, 0.717) is 12.2 Å². The molecule has 42 heavy (non-hydrogen) atoms. The summed E-state index contributed by atoms with van der Waals surface area (Å²) in [5.74, 6) is -0.126. The molecule has 3 heterocycles. The third kappa shape index (κ3) is 9.41. The highest BCUT2D eigenvalue weighted by molar-refractivity contribution is 7.10. The lowest BCUT2D eigenvalue weighted by Gasteiger charge is -2.31. The molecule has 2 N–H and O–H groups in total. The van der Waals surface area contributed by atoms with Gasteiger partial charge < -0.3 is 24.4 Å². The number of nitriles is 1. The number of aliphatic carboxylic acids is 2. The summed E-state index contributed by atoms with van der Waals surface area (Å²) in [7, 11) is 4.15. The van der Waals surface area contributed by atoms with Gasteiger partial charge >= 0.3 is 11.9 Å². The van der Waals surface area contributed by atoms with Gasteiger partial charge in [-0.3, -0.25) is 4.90 Å². The fourth-order valence-corrected chi connectivity index (χ4v) is 5.88. The molecular formula is C31H38N4O6S. The molecule has 0 bridgehead atoms. The zero-order valence-electron chi connectivity index (χ0n) is 24.1. The number of nitrogens with zero attached hydrogens (tertiary/aromatic N) is 4. The van der Waals surface area contributed by atoms with Gasteiger partial charge in [0.05, 0.1) is 23.4 Å². The van der Waals surface area contributed by atoms with E-state index in [1.165, 1.54) is 30.6 Å². The fourth-order valence-electron chi connectivity index (χ4n) is 5.02. The average molecular weight is 595 g/mol. The van der Waals surface area contributed by atoms with Crippen molar-refractivity contribution in [3.05, 3.63) is 57.4 Å². The largest absolute Gasteiger partial charge is 0.493 e. The van der Waals surface area contributed by atoms with Gasteiger partial charge in [-0.05, 0) is 95.7 Å². The first-order valence-electron chi connectivity index (χ1n) is 14.2. The molecule has 3 aromatic rings. The van der Waals surface area contributed by atoms with Crippen LogP contribution in [0.25, 0.3) is 11.0 Å². The van der Waals surface area contributed by atoms with E-state index in [1.54, 1.807) is 11.3 Å². The number of hydrogen-bond donors (Lipinski definition) is 2. The van der Waals surface area contributed by atoms with Crippen LogP contribution in [-0.2, 0) is 29.1 Å². The number of aromatic nitrogens is 1. The normalized spacial score (nSPS) is 16.0. The first-order valence-corrected chi connectivity index (χ1v) is 15.1. The molecule has 10 nitrogen and oxygen atoms in total. The van der Waals surface area contributed by atoms with Crippen molar-refractivity contribution in [3.8, 4) is 11.8 Å². The highest BCUT2D eigenvalue weighted by atomic mass is 32.1. The van der Waals surface area contributed by atoms with Crippen molar-refractivity contribution in [1.82, 2.24) is 15.0 Å². The maximum absolute atomic E-state index is 9.55. The number of carbonyl (C=O) groups is 2. The van der Waals surface area contributed by atoms with Crippen LogP contribution in [0.15, 0.2) is 40.3 Å². The van der Waals surface area contributed by atoms with Crippen LogP contribution in [0.4, 0.5) is 0 Å². The van der Waals surface area contributed by atoms with E-state index in [9.17, 15) is 9.59 Å². The number of rotatable bonds is 12. The van der Waals surface area contributed by atoms with Crippen molar-refractivity contribution >= 4 is 34.2 Å². The van der Waals surface area contributed by atoms with E-state index in [2.05, 4.69) is 47.3 Å². The van der Waals surface area contributed by atoms with Gasteiger partial charge in [0.25, 0.3) is 0 Å². The summed E-state index contributed by atoms with van der Waals surface area (Å²) in [6, 6.07) is 8.52. The molecular weight excluding hydrogens is 556 g/mol. The van der Waals surface area contributed by atoms with Crippen LogP contribution in [0.3, 0.4) is 0 Å². The first kappa shape index (κ1) is 31.2. The van der Waals surface area contributed by atoms with Gasteiger partial charge in [0.2, 0.25) is 0 Å². The highest BCUT2D eigenvalue weighted by Crippen LogP contribution is 2.35. The molecule has 2 aliphatic rings. The van der Waals surface area contributed by atoms with Crippen molar-refractivity contribution in [2.24, 2.45) is 11.8 Å². The lowest BCUT2D eigenvalue weighted by Crippen LogP contribution is -2.33. The zero-order chi connectivity index (χ0) is 30.1. The zero-order valence-corrected chi connectivity index (χ0v) is 24.9. The van der Waals surface area contributed by atoms with Crippen LogP contribution in [0.2, 0.25) is 0 Å². The maximum Gasteiger partial charge on any atom is 0.328 e. The fraction of sp³-hybridized carbons (Fsp3) is 0.484. The Hall–Kier alpha value is -3.72. The van der Waals surface area contributed by atoms with E-state index in [0.717, 1.165) is 91.0 Å². The minimum absolute atomic E-state index is 0.558. The predicted molar refractivity (Wildman–Crippen MR) is 159 cm³/mol. The molecule has 224 valence electrons. The van der Waals surface area contributed by atoms with Crippen molar-refractivity contribution < 1.29 is 29.1 Å². The van der Waals surface area contributed by atoms with Gasteiger partial charge in [-0.2, -0.15) is 5.26 Å². The van der Waals surface area contributed by atoms with Gasteiger partial charge in [0.15, 0.2) is 5.58 Å². The lowest BCUT2D eigenvalue weighted by molar-refractivity contribution is -0.134. The molecule has 2 fully saturated rings. The Morgan fingerprint density at radius 1 is 1.17 bits per heavy atom. The topological polar surface area (TPSA) is 140 Å². The number of fused-ring (bicyclic) bond motifs is 1. The Kier molecular flexibility index (Phi) is 11.1. The summed E-state index contributed by atoms with van der Waals surface area (Å²) < 4.78 is 12.1. The number of hydrogen-bond acceptors (Lipinski definition) is 9. The van der Waals surface area contributed by atoms with E-state index < -0.39 is 11.9 Å². The Morgan fingerprint density at radius 2 is 1.88 bits per heavy atom. The molecule has 1 saturated carbocycles. The third-order valence-corrected chi connectivity index (χ3v) is 8.37. The number of likely N-dealkylation sites (tertiary alicyclic amines) is 1. The molecule has 1 aliphatic carbocycles. The van der Waals surface area contributed by atoms with E-state index in [4.69, 9.17) is 24.7 Å². The molecule has 1 saturated heterocycles. The van der Waals surface area contributed by atoms with Crippen LogP contribution < -0.4 is 4.74 Å². The standard InChI is InChI=1S/C27H34N4O2S.C4H4O4/c1-30(2)16-24-26(32-17-20-3-4-20)8-6-23-25(29-33-27(23)24)7-5-19-9-11-31(12-10-19)15-22-13-21(14-28)18-34-22;5-3(6)1-2-4(7)8/h6,8,13,18-20H,3-5,7,9-12,15-17H2,1-2H3;1-2H,(H,5,6)(H,7,8)/b;2-1+. The number of piperidine rings is 1. The molecule has 0 spiro atoms. The third-order valence-electron chi connectivity index (χ3n) is 7.45. The number of thiophene rings is 1. The van der Waals surface area contributed by atoms with Gasteiger partial charge in [0, 0.05) is 40.9 Å². The molecule has 11 heteroatoms. The monoisotopic (exact) mass is 594 g/mol. The van der Waals surface area contributed by atoms with Crippen LogP contribution >= 0.6 is 11.3 Å². The minimum atomic E-state index is -1.26. The summed E-state index contributed by atoms with van der Waals surface area (Å²) in [5.41, 5.74) is 3.86. The smallest absolute Gasteiger partial charge is 0.328 e. The van der Waals surface area contributed by atoms with Crippen LogP contribution in [-0.4, -0.2) is 70.9 Å². The van der Waals surface area contributed by atoms with Crippen LogP contribution in [0.1, 0.15) is 53.8 Å². The van der Waals surface area contributed by atoms with Crippen molar-refractivity contribution in [1.29, 1.82) is 5.26 Å². The lowest BCUT2D eigenvalue weighted by atomic mass is 9.91. The molecule has 0 unspecified atom stereocenters. The second kappa shape index (κ2) is 15.0. The Labute approximate surface area is 249 Å². The van der Waals surface area contributed by atoms with Crippen LogP contribution in [0.5, 0.6) is 5.75 Å². The van der Waals surface area contributed by atoms with E-state index >= 15 is 0 Å².